The Balaban J connectivity index is 1.89. The molecule has 0 aliphatic rings. The largest absolute Gasteiger partial charge is 0.397 e. The summed E-state index contributed by atoms with van der Waals surface area (Å²) in [5.74, 6) is -0.189. The lowest BCUT2D eigenvalue weighted by Crippen LogP contribution is -2.13. The van der Waals surface area contributed by atoms with Gasteiger partial charge in [0.2, 0.25) is 0 Å². The summed E-state index contributed by atoms with van der Waals surface area (Å²) in [5.41, 5.74) is 9.64. The predicted octanol–water partition coefficient (Wildman–Crippen LogP) is 4.84. The summed E-state index contributed by atoms with van der Waals surface area (Å²) in [4.78, 5) is 12.3. The normalized spacial score (nSPS) is 10.3. The molecule has 0 bridgehead atoms. The smallest absolute Gasteiger partial charge is 0.255 e. The molecule has 4 heteroatoms. The lowest BCUT2D eigenvalue weighted by Gasteiger charge is -2.11. The average molecular weight is 323 g/mol. The third-order valence-corrected chi connectivity index (χ3v) is 3.77. The highest BCUT2D eigenvalue weighted by Gasteiger charge is 2.09. The number of nitrogens with one attached hydrogen (secondary N) is 1. The molecule has 3 nitrogen and oxygen atoms in total. The monoisotopic (exact) mass is 322 g/mol. The minimum atomic E-state index is -0.189. The van der Waals surface area contributed by atoms with Gasteiger partial charge in [0.25, 0.3) is 5.91 Å². The highest BCUT2D eigenvalue weighted by molar-refractivity contribution is 6.30. The summed E-state index contributed by atoms with van der Waals surface area (Å²) < 4.78 is 0. The van der Waals surface area contributed by atoms with Gasteiger partial charge in [-0.25, -0.2) is 0 Å². The van der Waals surface area contributed by atoms with Crippen LogP contribution in [0.25, 0.3) is 11.1 Å². The molecule has 1 amide bonds. The Morgan fingerprint density at radius 3 is 2.22 bits per heavy atom. The average Bonchev–Trinajstić information content (AvgIpc) is 2.58. The van der Waals surface area contributed by atoms with Gasteiger partial charge in [-0.15, -0.1) is 0 Å². The first-order valence-electron chi connectivity index (χ1n) is 7.15. The highest BCUT2D eigenvalue weighted by Crippen LogP contribution is 2.28. The molecule has 114 valence electrons. The summed E-state index contributed by atoms with van der Waals surface area (Å²) in [6, 6.07) is 22.1. The van der Waals surface area contributed by atoms with Crippen LogP contribution in [0.3, 0.4) is 0 Å². The minimum absolute atomic E-state index is 0.189. The van der Waals surface area contributed by atoms with Crippen LogP contribution in [0.4, 0.5) is 11.4 Å². The Labute approximate surface area is 139 Å². The Hall–Kier alpha value is -2.78. The fourth-order valence-electron chi connectivity index (χ4n) is 2.27. The summed E-state index contributed by atoms with van der Waals surface area (Å²) in [6.45, 7) is 0. The van der Waals surface area contributed by atoms with E-state index >= 15 is 0 Å². The van der Waals surface area contributed by atoms with Crippen molar-refractivity contribution in [1.29, 1.82) is 0 Å². The maximum atomic E-state index is 12.3. The fourth-order valence-corrected chi connectivity index (χ4v) is 2.40. The molecular weight excluding hydrogens is 308 g/mol. The molecule has 0 radical (unpaired) electrons. The van der Waals surface area contributed by atoms with E-state index in [1.165, 1.54) is 0 Å². The third-order valence-electron chi connectivity index (χ3n) is 3.52. The standard InChI is InChI=1S/C19H15ClN2O/c20-16-9-6-13(7-10-16)15-8-11-17(21)18(12-15)22-19(23)14-4-2-1-3-5-14/h1-12H,21H2,(H,22,23). The van der Waals surface area contributed by atoms with Gasteiger partial charge in [-0.3, -0.25) is 4.79 Å². The van der Waals surface area contributed by atoms with Crippen molar-refractivity contribution in [2.24, 2.45) is 0 Å². The zero-order chi connectivity index (χ0) is 16.2. The summed E-state index contributed by atoms with van der Waals surface area (Å²) in [7, 11) is 0. The molecule has 0 unspecified atom stereocenters. The second-order valence-corrected chi connectivity index (χ2v) is 5.57. The summed E-state index contributed by atoms with van der Waals surface area (Å²) >= 11 is 5.92. The van der Waals surface area contributed by atoms with Crippen molar-refractivity contribution in [3.05, 3.63) is 83.4 Å². The van der Waals surface area contributed by atoms with Crippen molar-refractivity contribution in [2.75, 3.05) is 11.1 Å². The number of carbonyl (C=O) groups excluding carboxylic acids is 1. The SMILES string of the molecule is Nc1ccc(-c2ccc(Cl)cc2)cc1NC(=O)c1ccccc1. The van der Waals surface area contributed by atoms with Crippen LogP contribution in [0.15, 0.2) is 72.8 Å². The number of anilines is 2. The van der Waals surface area contributed by atoms with E-state index in [1.54, 1.807) is 18.2 Å². The van der Waals surface area contributed by atoms with E-state index in [2.05, 4.69) is 5.32 Å². The fraction of sp³-hybridized carbons (Fsp3) is 0. The molecule has 0 aromatic heterocycles. The molecule has 0 spiro atoms. The van der Waals surface area contributed by atoms with E-state index in [9.17, 15) is 4.79 Å². The lowest BCUT2D eigenvalue weighted by molar-refractivity contribution is 0.102. The number of halogens is 1. The second kappa shape index (κ2) is 6.55. The lowest BCUT2D eigenvalue weighted by atomic mass is 10.0. The number of nitrogens with two attached hydrogens (primary N) is 1. The van der Waals surface area contributed by atoms with Crippen molar-refractivity contribution in [1.82, 2.24) is 0 Å². The molecular formula is C19H15ClN2O. The van der Waals surface area contributed by atoms with Crippen molar-refractivity contribution >= 4 is 28.9 Å². The first-order valence-corrected chi connectivity index (χ1v) is 7.53. The topological polar surface area (TPSA) is 55.1 Å². The van der Waals surface area contributed by atoms with Crippen molar-refractivity contribution in [2.45, 2.75) is 0 Å². The molecule has 3 N–H and O–H groups in total. The number of benzene rings is 3. The number of carbonyl (C=O) groups is 1. The molecule has 0 fully saturated rings. The van der Waals surface area contributed by atoms with Crippen LogP contribution >= 0.6 is 11.6 Å². The second-order valence-electron chi connectivity index (χ2n) is 5.13. The van der Waals surface area contributed by atoms with E-state index < -0.39 is 0 Å². The van der Waals surface area contributed by atoms with Crippen molar-refractivity contribution in [3.8, 4) is 11.1 Å². The van der Waals surface area contributed by atoms with Crippen LogP contribution in [0.2, 0.25) is 5.02 Å². The zero-order valence-electron chi connectivity index (χ0n) is 12.3. The molecule has 0 saturated carbocycles. The molecule has 0 atom stereocenters. The Morgan fingerprint density at radius 2 is 1.52 bits per heavy atom. The van der Waals surface area contributed by atoms with Crippen LogP contribution in [-0.2, 0) is 0 Å². The first kappa shape index (κ1) is 15.1. The van der Waals surface area contributed by atoms with Crippen molar-refractivity contribution < 1.29 is 4.79 Å². The summed E-state index contributed by atoms with van der Waals surface area (Å²) in [5, 5.41) is 3.54. The maximum Gasteiger partial charge on any atom is 0.255 e. The number of amides is 1. The maximum absolute atomic E-state index is 12.3. The van der Waals surface area contributed by atoms with Gasteiger partial charge in [-0.1, -0.05) is 48.0 Å². The molecule has 3 aromatic carbocycles. The van der Waals surface area contributed by atoms with Crippen LogP contribution < -0.4 is 11.1 Å². The Bertz CT molecular complexity index is 830. The molecule has 23 heavy (non-hydrogen) atoms. The highest BCUT2D eigenvalue weighted by atomic mass is 35.5. The number of hydrogen-bond acceptors (Lipinski definition) is 2. The van der Waals surface area contributed by atoms with E-state index in [0.29, 0.717) is 22.0 Å². The molecule has 0 aliphatic heterocycles. The third kappa shape index (κ3) is 3.52. The van der Waals surface area contributed by atoms with E-state index in [4.69, 9.17) is 17.3 Å². The molecule has 0 heterocycles. The molecule has 0 aliphatic carbocycles. The number of rotatable bonds is 3. The van der Waals surface area contributed by atoms with Gasteiger partial charge in [0, 0.05) is 10.6 Å². The molecule has 3 rings (SSSR count). The van der Waals surface area contributed by atoms with E-state index in [0.717, 1.165) is 11.1 Å². The Morgan fingerprint density at radius 1 is 0.870 bits per heavy atom. The van der Waals surface area contributed by atoms with Gasteiger partial charge in [0.05, 0.1) is 11.4 Å². The summed E-state index contributed by atoms with van der Waals surface area (Å²) in [6.07, 6.45) is 0. The first-order chi connectivity index (χ1) is 11.1. The van der Waals surface area contributed by atoms with Crippen LogP contribution in [0, 0.1) is 0 Å². The van der Waals surface area contributed by atoms with Crippen LogP contribution in [0.1, 0.15) is 10.4 Å². The minimum Gasteiger partial charge on any atom is -0.397 e. The van der Waals surface area contributed by atoms with Gasteiger partial charge >= 0.3 is 0 Å². The van der Waals surface area contributed by atoms with Gasteiger partial charge in [0.15, 0.2) is 0 Å². The van der Waals surface area contributed by atoms with Gasteiger partial charge in [0.1, 0.15) is 0 Å². The van der Waals surface area contributed by atoms with Crippen LogP contribution in [0.5, 0.6) is 0 Å². The number of nitrogen functional groups attached to an aromatic ring is 1. The predicted molar refractivity (Wildman–Crippen MR) is 95.7 cm³/mol. The molecule has 3 aromatic rings. The van der Waals surface area contributed by atoms with Crippen LogP contribution in [-0.4, -0.2) is 5.91 Å². The van der Waals surface area contributed by atoms with Crippen molar-refractivity contribution in [3.63, 3.8) is 0 Å². The quantitative estimate of drug-likeness (QED) is 0.678. The zero-order valence-corrected chi connectivity index (χ0v) is 13.0. The van der Waals surface area contributed by atoms with E-state index in [1.807, 2.05) is 54.6 Å². The number of hydrogen-bond donors (Lipinski definition) is 2. The van der Waals surface area contributed by atoms with E-state index in [-0.39, 0.29) is 5.91 Å². The Kier molecular flexibility index (Phi) is 4.31. The van der Waals surface area contributed by atoms with Gasteiger partial charge in [-0.05, 0) is 47.5 Å². The molecule has 0 saturated heterocycles. The van der Waals surface area contributed by atoms with Gasteiger partial charge in [-0.2, -0.15) is 0 Å². The van der Waals surface area contributed by atoms with Gasteiger partial charge < -0.3 is 11.1 Å².